The maximum absolute atomic E-state index is 12.5. The van der Waals surface area contributed by atoms with Crippen molar-refractivity contribution in [1.82, 2.24) is 5.32 Å². The van der Waals surface area contributed by atoms with Gasteiger partial charge in [-0.1, -0.05) is 12.1 Å². The molecule has 118 valence electrons. The Bertz CT molecular complexity index is 478. The van der Waals surface area contributed by atoms with Gasteiger partial charge in [-0.25, -0.2) is 0 Å². The van der Waals surface area contributed by atoms with Crippen LogP contribution in [-0.4, -0.2) is 39.1 Å². The number of para-hydroxylation sites is 2. The molecule has 21 heavy (non-hydrogen) atoms. The minimum Gasteiger partial charge on any atom is -0.371 e. The third-order valence-electron chi connectivity index (χ3n) is 4.17. The van der Waals surface area contributed by atoms with Gasteiger partial charge in [-0.15, -0.1) is 24.8 Å². The third kappa shape index (κ3) is 3.82. The van der Waals surface area contributed by atoms with Crippen LogP contribution < -0.4 is 15.1 Å². The number of hydrogen-bond acceptors (Lipinski definition) is 3. The highest BCUT2D eigenvalue weighted by Gasteiger charge is 2.27. The molecule has 1 amide bonds. The molecule has 0 aromatic heterocycles. The molecule has 2 aliphatic heterocycles. The zero-order chi connectivity index (χ0) is 13.2. The van der Waals surface area contributed by atoms with Crippen LogP contribution in [0.3, 0.4) is 0 Å². The van der Waals surface area contributed by atoms with Gasteiger partial charge in [0, 0.05) is 26.6 Å². The van der Waals surface area contributed by atoms with E-state index in [1.165, 1.54) is 0 Å². The summed E-state index contributed by atoms with van der Waals surface area (Å²) >= 11 is 0. The van der Waals surface area contributed by atoms with E-state index in [9.17, 15) is 4.79 Å². The highest BCUT2D eigenvalue weighted by Crippen LogP contribution is 2.32. The van der Waals surface area contributed by atoms with Crippen LogP contribution in [0.2, 0.25) is 0 Å². The monoisotopic (exact) mass is 331 g/mol. The van der Waals surface area contributed by atoms with Crippen molar-refractivity contribution in [2.24, 2.45) is 5.92 Å². The van der Waals surface area contributed by atoms with E-state index in [-0.39, 0.29) is 30.7 Å². The number of carbonyl (C=O) groups excluding carboxylic acids is 1. The summed E-state index contributed by atoms with van der Waals surface area (Å²) in [6.45, 7) is 3.75. The minimum absolute atomic E-state index is 0. The van der Waals surface area contributed by atoms with Crippen LogP contribution in [0.4, 0.5) is 11.4 Å². The van der Waals surface area contributed by atoms with Gasteiger partial charge in [-0.05, 0) is 37.6 Å². The largest absolute Gasteiger partial charge is 0.371 e. The van der Waals surface area contributed by atoms with Gasteiger partial charge >= 0.3 is 0 Å². The Morgan fingerprint density at radius 3 is 2.62 bits per heavy atom. The lowest BCUT2D eigenvalue weighted by Crippen LogP contribution is -2.43. The molecule has 3 rings (SSSR count). The van der Waals surface area contributed by atoms with Crippen LogP contribution in [-0.2, 0) is 4.79 Å². The lowest BCUT2D eigenvalue weighted by atomic mass is 10.0. The average Bonchev–Trinajstić information content (AvgIpc) is 2.92. The van der Waals surface area contributed by atoms with E-state index in [1.54, 1.807) is 0 Å². The molecule has 1 aromatic rings. The summed E-state index contributed by atoms with van der Waals surface area (Å²) < 4.78 is 0. The summed E-state index contributed by atoms with van der Waals surface area (Å²) in [7, 11) is 2.08. The second kappa shape index (κ2) is 7.87. The Kier molecular flexibility index (Phi) is 6.78. The van der Waals surface area contributed by atoms with E-state index in [0.717, 1.165) is 44.0 Å². The van der Waals surface area contributed by atoms with Crippen molar-refractivity contribution in [3.05, 3.63) is 24.3 Å². The number of nitrogens with zero attached hydrogens (tertiary/aromatic N) is 2. The topological polar surface area (TPSA) is 35.6 Å². The molecular weight excluding hydrogens is 309 g/mol. The van der Waals surface area contributed by atoms with Gasteiger partial charge in [0.25, 0.3) is 0 Å². The van der Waals surface area contributed by atoms with E-state index in [4.69, 9.17) is 0 Å². The van der Waals surface area contributed by atoms with Crippen molar-refractivity contribution in [3.8, 4) is 0 Å². The normalized spacial score (nSPS) is 20.3. The van der Waals surface area contributed by atoms with Crippen LogP contribution in [0.5, 0.6) is 0 Å². The Labute approximate surface area is 138 Å². The van der Waals surface area contributed by atoms with Crippen LogP contribution in [0.1, 0.15) is 12.8 Å². The first-order valence-corrected chi connectivity index (χ1v) is 7.07. The molecule has 1 unspecified atom stereocenters. The number of amides is 1. The first-order valence-electron chi connectivity index (χ1n) is 7.07. The van der Waals surface area contributed by atoms with Crippen molar-refractivity contribution in [1.29, 1.82) is 0 Å². The van der Waals surface area contributed by atoms with Gasteiger partial charge in [0.15, 0.2) is 0 Å². The molecule has 6 heteroatoms. The summed E-state index contributed by atoms with van der Waals surface area (Å²) in [6.07, 6.45) is 1.80. The number of rotatable bonds is 2. The maximum atomic E-state index is 12.5. The number of nitrogens with one attached hydrogen (secondary N) is 1. The van der Waals surface area contributed by atoms with Crippen molar-refractivity contribution in [2.75, 3.05) is 43.0 Å². The number of halogens is 2. The van der Waals surface area contributed by atoms with Gasteiger partial charge in [-0.3, -0.25) is 4.79 Å². The third-order valence-corrected chi connectivity index (χ3v) is 4.17. The molecule has 1 saturated heterocycles. The van der Waals surface area contributed by atoms with E-state index in [1.807, 2.05) is 17.0 Å². The zero-order valence-corrected chi connectivity index (χ0v) is 13.9. The molecule has 1 N–H and O–H groups in total. The summed E-state index contributed by atoms with van der Waals surface area (Å²) in [5.74, 6) is 0.786. The van der Waals surface area contributed by atoms with E-state index in [0.29, 0.717) is 12.3 Å². The average molecular weight is 332 g/mol. The number of likely N-dealkylation sites (N-methyl/N-ethyl adjacent to an activating group) is 1. The van der Waals surface area contributed by atoms with Crippen molar-refractivity contribution < 1.29 is 4.79 Å². The highest BCUT2D eigenvalue weighted by molar-refractivity contribution is 5.97. The summed E-state index contributed by atoms with van der Waals surface area (Å²) in [4.78, 5) is 16.7. The highest BCUT2D eigenvalue weighted by atomic mass is 35.5. The Hall–Kier alpha value is -0.970. The number of anilines is 2. The molecule has 4 nitrogen and oxygen atoms in total. The summed E-state index contributed by atoms with van der Waals surface area (Å²) in [5.41, 5.74) is 2.22. The SMILES string of the molecule is CN1CCN(C(=O)CC2CCNC2)c2ccccc21.Cl.Cl. The minimum atomic E-state index is 0. The molecule has 2 aliphatic rings. The Morgan fingerprint density at radius 2 is 1.95 bits per heavy atom. The van der Waals surface area contributed by atoms with Crippen LogP contribution in [0.25, 0.3) is 0 Å². The van der Waals surface area contributed by atoms with Gasteiger partial charge in [0.1, 0.15) is 0 Å². The van der Waals surface area contributed by atoms with Crippen molar-refractivity contribution in [2.45, 2.75) is 12.8 Å². The molecule has 0 saturated carbocycles. The molecular formula is C15H23Cl2N3O. The Balaban J connectivity index is 0.00000110. The molecule has 1 fully saturated rings. The number of fused-ring (bicyclic) bond motifs is 1. The van der Waals surface area contributed by atoms with Crippen LogP contribution in [0.15, 0.2) is 24.3 Å². The summed E-state index contributed by atoms with van der Waals surface area (Å²) in [6, 6.07) is 8.18. The second-order valence-electron chi connectivity index (χ2n) is 5.52. The molecule has 0 bridgehead atoms. The van der Waals surface area contributed by atoms with Gasteiger partial charge in [0.2, 0.25) is 5.91 Å². The number of hydrogen-bond donors (Lipinski definition) is 1. The standard InChI is InChI=1S/C15H21N3O.2ClH/c1-17-8-9-18(14-5-3-2-4-13(14)17)15(19)10-12-6-7-16-11-12;;/h2-5,12,16H,6-11H2,1H3;2*1H. The number of benzene rings is 1. The Morgan fingerprint density at radius 1 is 1.24 bits per heavy atom. The molecule has 1 atom stereocenters. The molecule has 1 aromatic carbocycles. The zero-order valence-electron chi connectivity index (χ0n) is 12.2. The van der Waals surface area contributed by atoms with E-state index in [2.05, 4.69) is 29.4 Å². The lowest BCUT2D eigenvalue weighted by molar-refractivity contribution is -0.119. The maximum Gasteiger partial charge on any atom is 0.227 e. The molecule has 0 aliphatic carbocycles. The summed E-state index contributed by atoms with van der Waals surface area (Å²) in [5, 5.41) is 3.33. The van der Waals surface area contributed by atoms with Crippen molar-refractivity contribution >= 4 is 42.1 Å². The van der Waals surface area contributed by atoms with Gasteiger partial charge < -0.3 is 15.1 Å². The fourth-order valence-corrected chi connectivity index (χ4v) is 3.01. The predicted molar refractivity (Wildman–Crippen MR) is 92.2 cm³/mol. The quantitative estimate of drug-likeness (QED) is 0.903. The second-order valence-corrected chi connectivity index (χ2v) is 5.52. The first-order chi connectivity index (χ1) is 9.25. The van der Waals surface area contributed by atoms with Gasteiger partial charge in [0.05, 0.1) is 11.4 Å². The van der Waals surface area contributed by atoms with Crippen LogP contribution in [0, 0.1) is 5.92 Å². The predicted octanol–water partition coefficient (Wildman–Crippen LogP) is 2.31. The van der Waals surface area contributed by atoms with E-state index >= 15 is 0 Å². The smallest absolute Gasteiger partial charge is 0.227 e. The van der Waals surface area contributed by atoms with Gasteiger partial charge in [-0.2, -0.15) is 0 Å². The molecule has 0 spiro atoms. The number of carbonyl (C=O) groups is 1. The fourth-order valence-electron chi connectivity index (χ4n) is 3.01. The van der Waals surface area contributed by atoms with Crippen molar-refractivity contribution in [3.63, 3.8) is 0 Å². The fraction of sp³-hybridized carbons (Fsp3) is 0.533. The first kappa shape index (κ1) is 18.1. The van der Waals surface area contributed by atoms with E-state index < -0.39 is 0 Å². The lowest BCUT2D eigenvalue weighted by Gasteiger charge is -2.36. The molecule has 0 radical (unpaired) electrons. The molecule has 2 heterocycles. The van der Waals surface area contributed by atoms with Crippen LogP contribution >= 0.6 is 24.8 Å².